The first-order valence-corrected chi connectivity index (χ1v) is 9.97. The van der Waals surface area contributed by atoms with Gasteiger partial charge in [-0.05, 0) is 64.8 Å². The van der Waals surface area contributed by atoms with E-state index in [2.05, 4.69) is 41.2 Å². The van der Waals surface area contributed by atoms with E-state index >= 15 is 0 Å². The van der Waals surface area contributed by atoms with Gasteiger partial charge in [0.15, 0.2) is 5.82 Å². The molecule has 9 nitrogen and oxygen atoms in total. The number of carbonyl (C=O) groups is 1. The normalized spacial score (nSPS) is 11.0. The van der Waals surface area contributed by atoms with Gasteiger partial charge in [0, 0.05) is 18.0 Å². The quantitative estimate of drug-likeness (QED) is 0.480. The molecule has 2 N–H and O–H groups in total. The van der Waals surface area contributed by atoms with E-state index in [1.165, 1.54) is 0 Å². The number of benzene rings is 1. The lowest BCUT2D eigenvalue weighted by molar-refractivity contribution is 0.0723. The van der Waals surface area contributed by atoms with Gasteiger partial charge in [-0.1, -0.05) is 0 Å². The second-order valence-corrected chi connectivity index (χ2v) is 7.75. The van der Waals surface area contributed by atoms with Gasteiger partial charge in [0.1, 0.15) is 16.7 Å². The van der Waals surface area contributed by atoms with Crippen LogP contribution in [0.25, 0.3) is 10.9 Å². The lowest BCUT2D eigenvalue weighted by Gasteiger charge is -2.21. The summed E-state index contributed by atoms with van der Waals surface area (Å²) in [6.45, 7) is 2.41. The molecular formula is C20H19BrN8O. The van der Waals surface area contributed by atoms with Gasteiger partial charge in [-0.15, -0.1) is 5.10 Å². The Hall–Kier alpha value is -3.40. The van der Waals surface area contributed by atoms with Gasteiger partial charge in [-0.2, -0.15) is 10.2 Å². The molecule has 0 fully saturated rings. The fraction of sp³-hybridized carbons (Fsp3) is 0.200. The number of hydrogen-bond acceptors (Lipinski definition) is 7. The van der Waals surface area contributed by atoms with E-state index in [1.807, 2.05) is 25.1 Å². The molecule has 0 aliphatic rings. The van der Waals surface area contributed by atoms with Crippen LogP contribution in [-0.4, -0.2) is 40.8 Å². The van der Waals surface area contributed by atoms with Crippen LogP contribution in [0, 0.1) is 6.92 Å². The summed E-state index contributed by atoms with van der Waals surface area (Å²) in [6.07, 6.45) is 1.60. The van der Waals surface area contributed by atoms with Crippen molar-refractivity contribution in [2.24, 2.45) is 7.05 Å². The van der Waals surface area contributed by atoms with Gasteiger partial charge < -0.3 is 10.6 Å². The van der Waals surface area contributed by atoms with Crippen molar-refractivity contribution in [1.29, 1.82) is 0 Å². The summed E-state index contributed by atoms with van der Waals surface area (Å²) < 4.78 is 2.24. The number of nitrogen functional groups attached to an aromatic ring is 1. The predicted octanol–water partition coefficient (Wildman–Crippen LogP) is 2.65. The van der Waals surface area contributed by atoms with Crippen LogP contribution < -0.4 is 5.73 Å². The number of hydrogen-bond donors (Lipinski definition) is 1. The van der Waals surface area contributed by atoms with Crippen LogP contribution in [-0.2, 0) is 20.1 Å². The summed E-state index contributed by atoms with van der Waals surface area (Å²) >= 11 is 3.28. The molecule has 30 heavy (non-hydrogen) atoms. The monoisotopic (exact) mass is 466 g/mol. The van der Waals surface area contributed by atoms with Gasteiger partial charge in [0.25, 0.3) is 5.91 Å². The molecule has 1 aromatic carbocycles. The van der Waals surface area contributed by atoms with Crippen molar-refractivity contribution in [3.8, 4) is 0 Å². The molecule has 4 rings (SSSR count). The summed E-state index contributed by atoms with van der Waals surface area (Å²) in [6, 6.07) is 10.9. The van der Waals surface area contributed by atoms with E-state index in [4.69, 9.17) is 5.73 Å². The van der Waals surface area contributed by atoms with Crippen LogP contribution in [0.4, 0.5) is 5.82 Å². The van der Waals surface area contributed by atoms with Crippen LogP contribution >= 0.6 is 15.9 Å². The molecule has 0 bridgehead atoms. The average Bonchev–Trinajstić information content (AvgIpc) is 3.14. The number of nitrogens with two attached hydrogens (primary N) is 1. The molecule has 3 heterocycles. The summed E-state index contributed by atoms with van der Waals surface area (Å²) in [5, 5.41) is 13.3. The summed E-state index contributed by atoms with van der Waals surface area (Å²) in [7, 11) is 1.78. The number of aryl methyl sites for hydroxylation is 2. The fourth-order valence-corrected chi connectivity index (χ4v) is 3.27. The zero-order valence-corrected chi connectivity index (χ0v) is 18.0. The first-order valence-electron chi connectivity index (χ1n) is 9.18. The highest BCUT2D eigenvalue weighted by Crippen LogP contribution is 2.21. The van der Waals surface area contributed by atoms with Gasteiger partial charge in [-0.3, -0.25) is 9.48 Å². The number of amides is 1. The molecule has 0 spiro atoms. The van der Waals surface area contributed by atoms with Gasteiger partial charge in [0.2, 0.25) is 0 Å². The van der Waals surface area contributed by atoms with Crippen molar-refractivity contribution in [3.05, 3.63) is 70.0 Å². The standard InChI is InChI=1S/C20H19BrN8O/c1-12-7-14-8-13(3-5-16(14)24-19(12)22)20(30)29(10-18-23-11-28(2)27-18)9-15-4-6-17(21)26-25-15/h3-8,11H,9-10H2,1-2H3,(H2,22,24). The highest BCUT2D eigenvalue weighted by atomic mass is 79.9. The van der Waals surface area contributed by atoms with Crippen LogP contribution in [0.15, 0.2) is 47.3 Å². The number of nitrogens with zero attached hydrogens (tertiary/aromatic N) is 7. The van der Waals surface area contributed by atoms with E-state index in [-0.39, 0.29) is 19.0 Å². The molecule has 0 saturated heterocycles. The average molecular weight is 467 g/mol. The maximum absolute atomic E-state index is 13.4. The Morgan fingerprint density at radius 2 is 2.00 bits per heavy atom. The first-order chi connectivity index (χ1) is 14.4. The number of halogens is 1. The number of anilines is 1. The lowest BCUT2D eigenvalue weighted by atomic mass is 10.1. The number of carbonyl (C=O) groups excluding carboxylic acids is 1. The Bertz CT molecular complexity index is 1220. The lowest BCUT2D eigenvalue weighted by Crippen LogP contribution is -2.31. The van der Waals surface area contributed by atoms with Crippen molar-refractivity contribution >= 4 is 38.6 Å². The maximum atomic E-state index is 13.4. The number of rotatable bonds is 5. The molecule has 3 aromatic heterocycles. The van der Waals surface area contributed by atoms with Crippen molar-refractivity contribution in [2.75, 3.05) is 5.73 Å². The first kappa shape index (κ1) is 19.9. The van der Waals surface area contributed by atoms with Crippen molar-refractivity contribution in [1.82, 2.24) is 34.8 Å². The molecule has 0 saturated carbocycles. The highest BCUT2D eigenvalue weighted by Gasteiger charge is 2.20. The maximum Gasteiger partial charge on any atom is 0.254 e. The summed E-state index contributed by atoms with van der Waals surface area (Å²) in [5.74, 6) is 0.865. The molecule has 0 aliphatic heterocycles. The van der Waals surface area contributed by atoms with Crippen LogP contribution in [0.5, 0.6) is 0 Å². The SMILES string of the molecule is Cc1cc2cc(C(=O)N(Cc3ccc(Br)nn3)Cc3ncn(C)n3)ccc2nc1N. The molecule has 1 amide bonds. The van der Waals surface area contributed by atoms with E-state index in [0.717, 1.165) is 16.5 Å². The predicted molar refractivity (Wildman–Crippen MR) is 115 cm³/mol. The van der Waals surface area contributed by atoms with Gasteiger partial charge in [0.05, 0.1) is 24.3 Å². The molecule has 0 atom stereocenters. The third-order valence-electron chi connectivity index (χ3n) is 4.60. The molecule has 10 heteroatoms. The van der Waals surface area contributed by atoms with Gasteiger partial charge in [-0.25, -0.2) is 9.97 Å². The minimum absolute atomic E-state index is 0.163. The number of pyridine rings is 1. The topological polar surface area (TPSA) is 116 Å². The highest BCUT2D eigenvalue weighted by molar-refractivity contribution is 9.10. The van der Waals surface area contributed by atoms with Crippen LogP contribution in [0.1, 0.15) is 27.4 Å². The Morgan fingerprint density at radius 1 is 1.17 bits per heavy atom. The summed E-state index contributed by atoms with van der Waals surface area (Å²) in [4.78, 5) is 23.7. The third kappa shape index (κ3) is 4.28. The second kappa shape index (κ2) is 8.15. The Morgan fingerprint density at radius 3 is 2.70 bits per heavy atom. The second-order valence-electron chi connectivity index (χ2n) is 6.94. The zero-order valence-electron chi connectivity index (χ0n) is 16.4. The van der Waals surface area contributed by atoms with Crippen molar-refractivity contribution in [3.63, 3.8) is 0 Å². The Labute approximate surface area is 181 Å². The van der Waals surface area contributed by atoms with Crippen LogP contribution in [0.3, 0.4) is 0 Å². The number of fused-ring (bicyclic) bond motifs is 1. The van der Waals surface area contributed by atoms with E-state index < -0.39 is 0 Å². The fourth-order valence-electron chi connectivity index (χ4n) is 3.06. The smallest absolute Gasteiger partial charge is 0.254 e. The van der Waals surface area contributed by atoms with Crippen molar-refractivity contribution < 1.29 is 4.79 Å². The third-order valence-corrected chi connectivity index (χ3v) is 5.02. The Kier molecular flexibility index (Phi) is 5.40. The van der Waals surface area contributed by atoms with Crippen LogP contribution in [0.2, 0.25) is 0 Å². The largest absolute Gasteiger partial charge is 0.383 e. The molecule has 0 radical (unpaired) electrons. The zero-order chi connectivity index (χ0) is 21.3. The summed E-state index contributed by atoms with van der Waals surface area (Å²) in [5.41, 5.74) is 8.70. The molecule has 0 aliphatic carbocycles. The molecule has 152 valence electrons. The molecule has 0 unspecified atom stereocenters. The Balaban J connectivity index is 1.67. The van der Waals surface area contributed by atoms with E-state index in [0.29, 0.717) is 27.5 Å². The number of aromatic nitrogens is 6. The minimum atomic E-state index is -0.163. The van der Waals surface area contributed by atoms with E-state index in [1.54, 1.807) is 41.2 Å². The molecular weight excluding hydrogens is 448 g/mol. The van der Waals surface area contributed by atoms with Gasteiger partial charge >= 0.3 is 0 Å². The molecule has 4 aromatic rings. The minimum Gasteiger partial charge on any atom is -0.383 e. The van der Waals surface area contributed by atoms with Crippen molar-refractivity contribution in [2.45, 2.75) is 20.0 Å². The van der Waals surface area contributed by atoms with E-state index in [9.17, 15) is 4.79 Å².